The highest BCUT2D eigenvalue weighted by atomic mass is 35.5. The molecule has 1 aliphatic carbocycles. The van der Waals surface area contributed by atoms with Crippen molar-refractivity contribution in [2.24, 2.45) is 0 Å². The Morgan fingerprint density at radius 3 is 3.09 bits per heavy atom. The minimum atomic E-state index is -5.34. The number of ether oxygens (including phenoxy) is 1. The van der Waals surface area contributed by atoms with Gasteiger partial charge in [0.05, 0.1) is 25.6 Å². The molecule has 0 unspecified atom stereocenters. The monoisotopic (exact) mass is 368 g/mol. The van der Waals surface area contributed by atoms with Crippen molar-refractivity contribution < 1.29 is 32.0 Å². The van der Waals surface area contributed by atoms with Crippen LogP contribution in [0.5, 0.6) is 0 Å². The number of allylic oxidation sites excluding steroid dienone is 1. The minimum absolute atomic E-state index is 0.273. The molecule has 2 rings (SSSR count). The van der Waals surface area contributed by atoms with E-state index in [0.29, 0.717) is 6.07 Å². The third-order valence-corrected chi connectivity index (χ3v) is 4.43. The van der Waals surface area contributed by atoms with Crippen molar-refractivity contribution in [3.05, 3.63) is 40.7 Å². The summed E-state index contributed by atoms with van der Waals surface area (Å²) in [5, 5.41) is -3.82. The van der Waals surface area contributed by atoms with Crippen LogP contribution in [0.2, 0.25) is 6.43 Å². The summed E-state index contributed by atoms with van der Waals surface area (Å²) < 4.78 is 100.0. The largest absolute Gasteiger partial charge is 0.463 e. The van der Waals surface area contributed by atoms with Gasteiger partial charge in [-0.2, -0.15) is 0 Å². The van der Waals surface area contributed by atoms with Gasteiger partial charge in [0.15, 0.2) is 1.41 Å². The Hall–Kier alpha value is -1.60. The van der Waals surface area contributed by atoms with Crippen molar-refractivity contribution in [3.63, 3.8) is 0 Å². The lowest BCUT2D eigenvalue weighted by Crippen LogP contribution is -2.34. The first-order chi connectivity index (χ1) is 13.5. The molecule has 0 radical (unpaired) electrons. The topological polar surface area (TPSA) is 72.5 Å². The van der Waals surface area contributed by atoms with E-state index in [0.717, 1.165) is 12.1 Å². The number of esters is 1. The van der Waals surface area contributed by atoms with Crippen LogP contribution >= 0.6 is 11.6 Å². The predicted octanol–water partition coefficient (Wildman–Crippen LogP) is 3.26. The normalized spacial score (nSPS) is 30.7. The van der Waals surface area contributed by atoms with Gasteiger partial charge in [-0.1, -0.05) is 17.7 Å². The van der Waals surface area contributed by atoms with Crippen LogP contribution in [-0.4, -0.2) is 26.2 Å². The number of carbonyl (C=O) groups is 1. The van der Waals surface area contributed by atoms with E-state index in [1.165, 1.54) is 6.92 Å². The second kappa shape index (κ2) is 7.31. The van der Waals surface area contributed by atoms with Gasteiger partial charge in [0.1, 0.15) is 11.0 Å². The molecule has 0 aliphatic heterocycles. The van der Waals surface area contributed by atoms with Gasteiger partial charge in [-0.15, -0.1) is 0 Å². The molecule has 5 nitrogen and oxygen atoms in total. The van der Waals surface area contributed by atoms with Gasteiger partial charge in [0.25, 0.3) is 0 Å². The van der Waals surface area contributed by atoms with Crippen LogP contribution in [-0.2, 0) is 19.6 Å². The van der Waals surface area contributed by atoms with Crippen LogP contribution in [0.25, 0.3) is 0 Å². The predicted molar refractivity (Wildman–Crippen MR) is 86.3 cm³/mol. The van der Waals surface area contributed by atoms with Crippen LogP contribution in [0.1, 0.15) is 34.3 Å². The van der Waals surface area contributed by atoms with Crippen molar-refractivity contribution in [2.75, 3.05) is 11.3 Å². The molecule has 23 heavy (non-hydrogen) atoms. The minimum Gasteiger partial charge on any atom is -0.463 e. The Kier molecular flexibility index (Phi) is 3.28. The number of halogens is 2. The summed E-state index contributed by atoms with van der Waals surface area (Å²) in [5.74, 6) is -2.34. The molecule has 1 aliphatic rings. The Morgan fingerprint density at radius 1 is 1.70 bits per heavy atom. The molecule has 0 fully saturated rings. The maximum Gasteiger partial charge on any atom is 0.335 e. The van der Waals surface area contributed by atoms with E-state index < -0.39 is 68.5 Å². The molecule has 126 valence electrons. The summed E-state index contributed by atoms with van der Waals surface area (Å²) >= 11 is 5.79. The van der Waals surface area contributed by atoms with Gasteiger partial charge in [0.2, 0.25) is 10.0 Å². The number of anilines is 1. The van der Waals surface area contributed by atoms with Crippen molar-refractivity contribution in [3.8, 4) is 0 Å². The smallest absolute Gasteiger partial charge is 0.335 e. The third-order valence-electron chi connectivity index (χ3n) is 2.72. The first kappa shape index (κ1) is 10.3. The fraction of sp³-hybridized carbons (Fsp3) is 0.400. The third kappa shape index (κ3) is 4.23. The number of nitrogens with one attached hydrogen (secondary N) is 1. The second-order valence-corrected chi connectivity index (χ2v) is 6.32. The van der Waals surface area contributed by atoms with Crippen molar-refractivity contribution in [2.45, 2.75) is 31.3 Å². The molecule has 1 atom stereocenters. The lowest BCUT2D eigenvalue weighted by Gasteiger charge is -2.24. The Bertz CT molecular complexity index is 1020. The quantitative estimate of drug-likeness (QED) is 0.809. The van der Waals surface area contributed by atoms with E-state index in [2.05, 4.69) is 4.74 Å². The van der Waals surface area contributed by atoms with Gasteiger partial charge in [-0.05, 0) is 44.3 Å². The van der Waals surface area contributed by atoms with Gasteiger partial charge >= 0.3 is 5.97 Å². The zero-order valence-corrected chi connectivity index (χ0v) is 13.5. The summed E-state index contributed by atoms with van der Waals surface area (Å²) in [6.45, 7) is 1.06. The van der Waals surface area contributed by atoms with E-state index in [-0.39, 0.29) is 11.3 Å². The number of carbonyl (C=O) groups excluding carboxylic acids is 1. The van der Waals surface area contributed by atoms with E-state index in [4.69, 9.17) is 21.2 Å². The SMILES string of the molecule is [2H]C1=C(C(=O)OCC)[C@]([2H])(S(=O)(=O)N([2H])c2ccc(F)cc2Cl)CC([2H])([2H])C1([2H])[2H]. The highest BCUT2D eigenvalue weighted by molar-refractivity contribution is 7.93. The van der Waals surface area contributed by atoms with Gasteiger partial charge in [-0.25, -0.2) is 17.6 Å². The summed E-state index contributed by atoms with van der Waals surface area (Å²) in [5.41, 5.74) is -1.84. The van der Waals surface area contributed by atoms with Crippen LogP contribution in [0.3, 0.4) is 0 Å². The van der Waals surface area contributed by atoms with Crippen LogP contribution in [0, 0.1) is 5.82 Å². The molecule has 0 amide bonds. The molecule has 0 saturated heterocycles. The number of sulfonamides is 1. The fourth-order valence-electron chi connectivity index (χ4n) is 1.72. The Labute approximate surface area is 149 Å². The highest BCUT2D eigenvalue weighted by Gasteiger charge is 2.35. The van der Waals surface area contributed by atoms with Crippen LogP contribution < -0.4 is 4.72 Å². The number of benzene rings is 1. The van der Waals surface area contributed by atoms with Crippen LogP contribution in [0.4, 0.5) is 10.1 Å². The summed E-state index contributed by atoms with van der Waals surface area (Å²) in [6.07, 6.45) is -7.60. The number of hydrogen-bond donors (Lipinski definition) is 1. The molecular formula is C15H17ClFNO4S. The van der Waals surface area contributed by atoms with Gasteiger partial charge in [0, 0.05) is 5.48 Å². The average Bonchev–Trinajstić information content (AvgIpc) is 2.59. The maximum atomic E-state index is 13.3. The standard InChI is InChI=1S/C15H17ClFNO4S/c1-2-22-15(19)11-5-3-4-6-14(11)23(20,21)18-13-8-7-10(17)9-12(13)16/h5,7-9,14,18H,2-4,6H2,1H3/t14-/m1/s1/i3D2,4D2,5D,14D/hD. The molecule has 1 N–H and O–H groups in total. The fourth-order valence-corrected chi connectivity index (χ4v) is 3.15. The summed E-state index contributed by atoms with van der Waals surface area (Å²) in [6, 6.07) is 0.958. The molecule has 1 aromatic carbocycles. The molecule has 0 heterocycles. The molecule has 0 aromatic heterocycles. The number of rotatable bonds is 5. The molecule has 0 bridgehead atoms. The average molecular weight is 369 g/mol. The zero-order valence-electron chi connectivity index (χ0n) is 18.9. The Balaban J connectivity index is 2.79. The van der Waals surface area contributed by atoms with Crippen molar-refractivity contribution >= 4 is 33.3 Å². The van der Waals surface area contributed by atoms with E-state index in [9.17, 15) is 17.6 Å². The lowest BCUT2D eigenvalue weighted by molar-refractivity contribution is -0.138. The molecule has 1 aromatic rings. The lowest BCUT2D eigenvalue weighted by atomic mass is 9.99. The summed E-state index contributed by atoms with van der Waals surface area (Å²) in [7, 11) is -5.34. The first-order valence-corrected chi connectivity index (χ1v) is 8.24. The second-order valence-electron chi connectivity index (χ2n) is 4.28. The Morgan fingerprint density at radius 2 is 2.43 bits per heavy atom. The van der Waals surface area contributed by atoms with Crippen LogP contribution in [0.15, 0.2) is 29.8 Å². The first-order valence-electron chi connectivity index (χ1n) is 9.87. The van der Waals surface area contributed by atoms with E-state index >= 15 is 0 Å². The zero-order chi connectivity index (χ0) is 23.3. The molecular weight excluding hydrogens is 345 g/mol. The molecule has 0 saturated carbocycles. The van der Waals surface area contributed by atoms with E-state index in [1.807, 2.05) is 0 Å². The van der Waals surface area contributed by atoms with E-state index in [1.54, 1.807) is 0 Å². The van der Waals surface area contributed by atoms with Crippen molar-refractivity contribution in [1.29, 1.82) is 0 Å². The summed E-state index contributed by atoms with van der Waals surface area (Å²) in [4.78, 5) is 12.4. The number of hydrogen-bond acceptors (Lipinski definition) is 4. The van der Waals surface area contributed by atoms with Crippen molar-refractivity contribution in [1.82, 2.24) is 0 Å². The molecule has 8 heteroatoms. The van der Waals surface area contributed by atoms with Gasteiger partial charge in [-0.3, -0.25) is 4.72 Å². The highest BCUT2D eigenvalue weighted by Crippen LogP contribution is 2.30. The van der Waals surface area contributed by atoms with Gasteiger partial charge < -0.3 is 4.74 Å². The molecule has 0 spiro atoms. The maximum absolute atomic E-state index is 13.3.